The number of aryl methyl sites for hydroxylation is 1. The molecule has 2 unspecified atom stereocenters. The van der Waals surface area contributed by atoms with Crippen molar-refractivity contribution >= 4 is 0 Å². The molecule has 2 aromatic rings. The highest BCUT2D eigenvalue weighted by molar-refractivity contribution is 5.28. The summed E-state index contributed by atoms with van der Waals surface area (Å²) in [6.45, 7) is 9.89. The Kier molecular flexibility index (Phi) is 7.67. The second-order valence-electron chi connectivity index (χ2n) is 7.72. The van der Waals surface area contributed by atoms with Gasteiger partial charge in [-0.05, 0) is 44.9 Å². The van der Waals surface area contributed by atoms with E-state index in [0.29, 0.717) is 39.0 Å². The summed E-state index contributed by atoms with van der Waals surface area (Å²) < 4.78 is 16.8. The first-order chi connectivity index (χ1) is 14.0. The average Bonchev–Trinajstić information content (AvgIpc) is 2.72. The predicted octanol–water partition coefficient (Wildman–Crippen LogP) is 3.52. The van der Waals surface area contributed by atoms with Crippen LogP contribution in [0.4, 0.5) is 0 Å². The molecule has 1 saturated heterocycles. The van der Waals surface area contributed by atoms with Gasteiger partial charge in [-0.25, -0.2) is 0 Å². The largest absolute Gasteiger partial charge is 0.491 e. The van der Waals surface area contributed by atoms with E-state index in [1.165, 1.54) is 5.56 Å². The summed E-state index contributed by atoms with van der Waals surface area (Å²) in [4.78, 5) is 2.30. The van der Waals surface area contributed by atoms with Gasteiger partial charge < -0.3 is 19.3 Å². The molecule has 2 aromatic carbocycles. The molecule has 1 N–H and O–H groups in total. The molecular formula is C24H33NO4. The van der Waals surface area contributed by atoms with E-state index in [0.717, 1.165) is 29.8 Å². The quantitative estimate of drug-likeness (QED) is 0.654. The van der Waals surface area contributed by atoms with Crippen molar-refractivity contribution in [2.45, 2.75) is 39.0 Å². The smallest absolute Gasteiger partial charge is 0.205 e. The van der Waals surface area contributed by atoms with Gasteiger partial charge in [-0.15, -0.1) is 0 Å². The zero-order chi connectivity index (χ0) is 20.7. The Bertz CT molecular complexity index is 764. The summed E-state index contributed by atoms with van der Waals surface area (Å²) in [6, 6.07) is 16.5. The molecule has 1 aliphatic rings. The SMILES string of the molecule is CCOCCOc1ccc(CC(C)N2CCOC(O)(c3cccc(C)c3)C2)cc1. The summed E-state index contributed by atoms with van der Waals surface area (Å²) in [5.41, 5.74) is 3.19. The normalized spacial score (nSPS) is 21.1. The number of morpholine rings is 1. The highest BCUT2D eigenvalue weighted by Gasteiger charge is 2.37. The first-order valence-corrected chi connectivity index (χ1v) is 10.5. The molecule has 1 aliphatic heterocycles. The number of ether oxygens (including phenoxy) is 3. The summed E-state index contributed by atoms with van der Waals surface area (Å²) in [6.07, 6.45) is 0.906. The maximum Gasteiger partial charge on any atom is 0.205 e. The molecule has 1 fully saturated rings. The monoisotopic (exact) mass is 399 g/mol. The van der Waals surface area contributed by atoms with Gasteiger partial charge >= 0.3 is 0 Å². The van der Waals surface area contributed by atoms with E-state index in [9.17, 15) is 5.11 Å². The van der Waals surface area contributed by atoms with Crippen molar-refractivity contribution in [2.24, 2.45) is 0 Å². The van der Waals surface area contributed by atoms with Crippen LogP contribution in [0, 0.1) is 6.92 Å². The van der Waals surface area contributed by atoms with E-state index >= 15 is 0 Å². The molecular weight excluding hydrogens is 366 g/mol. The van der Waals surface area contributed by atoms with Gasteiger partial charge in [0, 0.05) is 24.8 Å². The average molecular weight is 400 g/mol. The van der Waals surface area contributed by atoms with Gasteiger partial charge in [0.15, 0.2) is 0 Å². The lowest BCUT2D eigenvalue weighted by atomic mass is 9.99. The number of benzene rings is 2. The lowest BCUT2D eigenvalue weighted by Gasteiger charge is -2.42. The van der Waals surface area contributed by atoms with Gasteiger partial charge in [0.05, 0.1) is 19.8 Å². The zero-order valence-corrected chi connectivity index (χ0v) is 17.8. The topological polar surface area (TPSA) is 51.2 Å². The van der Waals surface area contributed by atoms with E-state index in [1.54, 1.807) is 0 Å². The number of aliphatic hydroxyl groups is 1. The van der Waals surface area contributed by atoms with E-state index < -0.39 is 5.79 Å². The van der Waals surface area contributed by atoms with Gasteiger partial charge in [0.25, 0.3) is 0 Å². The summed E-state index contributed by atoms with van der Waals surface area (Å²) in [7, 11) is 0. The van der Waals surface area contributed by atoms with Crippen LogP contribution in [0.1, 0.15) is 30.5 Å². The van der Waals surface area contributed by atoms with Crippen molar-refractivity contribution in [1.29, 1.82) is 0 Å². The Morgan fingerprint density at radius 1 is 1.17 bits per heavy atom. The molecule has 5 heteroatoms. The third-order valence-electron chi connectivity index (χ3n) is 5.38. The lowest BCUT2D eigenvalue weighted by Crippen LogP contribution is -2.53. The Hall–Kier alpha value is -1.92. The highest BCUT2D eigenvalue weighted by Crippen LogP contribution is 2.29. The molecule has 29 heavy (non-hydrogen) atoms. The summed E-state index contributed by atoms with van der Waals surface area (Å²) in [5, 5.41) is 11.1. The van der Waals surface area contributed by atoms with Crippen LogP contribution >= 0.6 is 0 Å². The molecule has 2 atom stereocenters. The standard InChI is InChI=1S/C24H33NO4/c1-4-27-14-15-28-23-10-8-21(9-11-23)17-20(3)25-12-13-29-24(26,18-25)22-7-5-6-19(2)16-22/h5-11,16,20,26H,4,12-15,17-18H2,1-3H3. The molecule has 0 aromatic heterocycles. The van der Waals surface area contributed by atoms with Crippen LogP contribution < -0.4 is 4.74 Å². The van der Waals surface area contributed by atoms with E-state index in [2.05, 4.69) is 24.0 Å². The fraction of sp³-hybridized carbons (Fsp3) is 0.500. The first-order valence-electron chi connectivity index (χ1n) is 10.5. The van der Waals surface area contributed by atoms with Gasteiger partial charge in [-0.1, -0.05) is 42.0 Å². The van der Waals surface area contributed by atoms with Crippen molar-refractivity contribution in [3.05, 3.63) is 65.2 Å². The minimum absolute atomic E-state index is 0.292. The Labute approximate surface area is 174 Å². The molecule has 1 heterocycles. The highest BCUT2D eigenvalue weighted by atomic mass is 16.6. The van der Waals surface area contributed by atoms with Gasteiger partial charge in [0.2, 0.25) is 5.79 Å². The summed E-state index contributed by atoms with van der Waals surface area (Å²) >= 11 is 0. The maximum absolute atomic E-state index is 11.1. The molecule has 5 nitrogen and oxygen atoms in total. The van der Waals surface area contributed by atoms with Crippen LogP contribution in [0.3, 0.4) is 0 Å². The maximum atomic E-state index is 11.1. The van der Waals surface area contributed by atoms with Gasteiger partial charge in [-0.3, -0.25) is 4.90 Å². The number of rotatable bonds is 9. The van der Waals surface area contributed by atoms with Crippen LogP contribution in [0.2, 0.25) is 0 Å². The van der Waals surface area contributed by atoms with E-state index in [1.807, 2.05) is 50.2 Å². The summed E-state index contributed by atoms with van der Waals surface area (Å²) in [5.74, 6) is -0.391. The molecule has 0 amide bonds. The van der Waals surface area contributed by atoms with Crippen molar-refractivity contribution in [3.63, 3.8) is 0 Å². The molecule has 0 saturated carbocycles. The first kappa shape index (κ1) is 21.8. The number of nitrogens with zero attached hydrogens (tertiary/aromatic N) is 1. The molecule has 0 spiro atoms. The van der Waals surface area contributed by atoms with Crippen LogP contribution in [0.15, 0.2) is 48.5 Å². The van der Waals surface area contributed by atoms with Crippen molar-refractivity contribution in [3.8, 4) is 5.75 Å². The number of β-amino-alcohol motifs (C(OH)–C–C–N with tert-alkyl or cyclic N) is 1. The number of hydrogen-bond acceptors (Lipinski definition) is 5. The number of hydrogen-bond donors (Lipinski definition) is 1. The van der Waals surface area contributed by atoms with E-state index in [-0.39, 0.29) is 0 Å². The fourth-order valence-electron chi connectivity index (χ4n) is 3.73. The predicted molar refractivity (Wildman–Crippen MR) is 114 cm³/mol. The van der Waals surface area contributed by atoms with E-state index in [4.69, 9.17) is 14.2 Å². The molecule has 0 bridgehead atoms. The second-order valence-corrected chi connectivity index (χ2v) is 7.72. The molecule has 3 rings (SSSR count). The third kappa shape index (κ3) is 6.03. The van der Waals surface area contributed by atoms with Crippen molar-refractivity contribution in [2.75, 3.05) is 39.5 Å². The van der Waals surface area contributed by atoms with Gasteiger partial charge in [-0.2, -0.15) is 0 Å². The van der Waals surface area contributed by atoms with Crippen LogP contribution in [0.5, 0.6) is 5.75 Å². The van der Waals surface area contributed by atoms with Crippen molar-refractivity contribution < 1.29 is 19.3 Å². The Morgan fingerprint density at radius 3 is 2.69 bits per heavy atom. The minimum Gasteiger partial charge on any atom is -0.491 e. The molecule has 0 aliphatic carbocycles. The minimum atomic E-state index is -1.25. The van der Waals surface area contributed by atoms with Crippen molar-refractivity contribution in [1.82, 2.24) is 4.90 Å². The Balaban J connectivity index is 1.56. The second kappa shape index (κ2) is 10.2. The van der Waals surface area contributed by atoms with Crippen LogP contribution in [-0.2, 0) is 21.7 Å². The molecule has 0 radical (unpaired) electrons. The van der Waals surface area contributed by atoms with Crippen LogP contribution in [0.25, 0.3) is 0 Å². The zero-order valence-electron chi connectivity index (χ0n) is 17.8. The third-order valence-corrected chi connectivity index (χ3v) is 5.38. The van der Waals surface area contributed by atoms with Crippen LogP contribution in [-0.4, -0.2) is 55.6 Å². The lowest BCUT2D eigenvalue weighted by molar-refractivity contribution is -0.251. The Morgan fingerprint density at radius 2 is 1.97 bits per heavy atom. The molecule has 158 valence electrons. The fourth-order valence-corrected chi connectivity index (χ4v) is 3.73. The van der Waals surface area contributed by atoms with Gasteiger partial charge in [0.1, 0.15) is 12.4 Å².